The van der Waals surface area contributed by atoms with Crippen LogP contribution in [0.5, 0.6) is 0 Å². The molecule has 0 atom stereocenters. The molecule has 2 heterocycles. The van der Waals surface area contributed by atoms with Gasteiger partial charge in [0.15, 0.2) is 11.0 Å². The Kier molecular flexibility index (Phi) is 7.06. The van der Waals surface area contributed by atoms with E-state index >= 15 is 0 Å². The van der Waals surface area contributed by atoms with Crippen LogP contribution in [0.1, 0.15) is 25.8 Å². The Morgan fingerprint density at radius 3 is 2.70 bits per heavy atom. The zero-order chi connectivity index (χ0) is 19.1. The van der Waals surface area contributed by atoms with E-state index in [4.69, 9.17) is 0 Å². The van der Waals surface area contributed by atoms with Gasteiger partial charge in [-0.3, -0.25) is 9.36 Å². The molecule has 7 heteroatoms. The van der Waals surface area contributed by atoms with Crippen LogP contribution in [0.15, 0.2) is 53.0 Å². The first kappa shape index (κ1) is 19.6. The van der Waals surface area contributed by atoms with Gasteiger partial charge in [-0.25, -0.2) is 0 Å². The number of carbonyl (C=O) groups is 1. The van der Waals surface area contributed by atoms with Gasteiger partial charge in [0.05, 0.1) is 17.2 Å². The molecule has 2 aromatic heterocycles. The molecular formula is C20H24N4OS2. The molecule has 0 fully saturated rings. The van der Waals surface area contributed by atoms with Crippen molar-refractivity contribution in [2.75, 3.05) is 12.3 Å². The van der Waals surface area contributed by atoms with Gasteiger partial charge in [0.2, 0.25) is 5.91 Å². The van der Waals surface area contributed by atoms with E-state index in [-0.39, 0.29) is 5.91 Å². The van der Waals surface area contributed by atoms with E-state index in [0.717, 1.165) is 22.3 Å². The van der Waals surface area contributed by atoms with Gasteiger partial charge in [0.1, 0.15) is 0 Å². The molecule has 0 spiro atoms. The molecule has 0 unspecified atom stereocenters. The van der Waals surface area contributed by atoms with Gasteiger partial charge in [-0.2, -0.15) is 0 Å². The maximum atomic E-state index is 12.1. The van der Waals surface area contributed by atoms with Gasteiger partial charge >= 0.3 is 0 Å². The summed E-state index contributed by atoms with van der Waals surface area (Å²) in [5.41, 5.74) is 1.18. The molecule has 0 aliphatic rings. The molecule has 142 valence electrons. The van der Waals surface area contributed by atoms with E-state index in [1.165, 1.54) is 17.3 Å². The number of hydrogen-bond acceptors (Lipinski definition) is 5. The van der Waals surface area contributed by atoms with Crippen LogP contribution >= 0.6 is 23.1 Å². The molecule has 1 N–H and O–H groups in total. The fourth-order valence-corrected chi connectivity index (χ4v) is 4.06. The van der Waals surface area contributed by atoms with Crippen LogP contribution in [0.3, 0.4) is 0 Å². The van der Waals surface area contributed by atoms with Crippen LogP contribution in [0.25, 0.3) is 10.7 Å². The number of benzene rings is 1. The highest BCUT2D eigenvalue weighted by atomic mass is 32.2. The lowest BCUT2D eigenvalue weighted by Gasteiger charge is -2.10. The van der Waals surface area contributed by atoms with Crippen LogP contribution in [-0.4, -0.2) is 33.0 Å². The van der Waals surface area contributed by atoms with Gasteiger partial charge in [0.25, 0.3) is 0 Å². The summed E-state index contributed by atoms with van der Waals surface area (Å²) in [6, 6.07) is 14.3. The first-order valence-corrected chi connectivity index (χ1v) is 10.9. The summed E-state index contributed by atoms with van der Waals surface area (Å²) in [6.07, 6.45) is 0.989. The molecule has 27 heavy (non-hydrogen) atoms. The van der Waals surface area contributed by atoms with Crippen molar-refractivity contribution in [3.8, 4) is 10.7 Å². The third-order valence-corrected chi connectivity index (χ3v) is 5.85. The molecule has 1 amide bonds. The summed E-state index contributed by atoms with van der Waals surface area (Å²) in [5.74, 6) is 1.81. The number of thiophene rings is 1. The van der Waals surface area contributed by atoms with E-state index in [1.54, 1.807) is 11.3 Å². The number of amides is 1. The van der Waals surface area contributed by atoms with Crippen molar-refractivity contribution in [1.29, 1.82) is 0 Å². The van der Waals surface area contributed by atoms with Gasteiger partial charge in [-0.15, -0.1) is 21.5 Å². The molecule has 0 aliphatic heterocycles. The Morgan fingerprint density at radius 2 is 2.00 bits per heavy atom. The largest absolute Gasteiger partial charge is 0.355 e. The number of carbonyl (C=O) groups excluding carboxylic acids is 1. The van der Waals surface area contributed by atoms with Crippen molar-refractivity contribution < 1.29 is 4.79 Å². The monoisotopic (exact) mass is 400 g/mol. The van der Waals surface area contributed by atoms with Crippen LogP contribution in [-0.2, 0) is 11.3 Å². The number of hydrogen-bond donors (Lipinski definition) is 1. The lowest BCUT2D eigenvalue weighted by atomic mass is 10.1. The van der Waals surface area contributed by atoms with Crippen LogP contribution in [0.4, 0.5) is 0 Å². The fraction of sp³-hybridized carbons (Fsp3) is 0.350. The summed E-state index contributed by atoms with van der Waals surface area (Å²) in [6.45, 7) is 5.70. The average Bonchev–Trinajstić information content (AvgIpc) is 3.30. The number of nitrogens with zero attached hydrogens (tertiary/aromatic N) is 3. The van der Waals surface area contributed by atoms with E-state index in [9.17, 15) is 4.79 Å². The highest BCUT2D eigenvalue weighted by Gasteiger charge is 2.16. The average molecular weight is 401 g/mol. The summed E-state index contributed by atoms with van der Waals surface area (Å²) in [4.78, 5) is 13.2. The number of thioether (sulfide) groups is 1. The molecular weight excluding hydrogens is 376 g/mol. The summed E-state index contributed by atoms with van der Waals surface area (Å²) < 4.78 is 2.09. The zero-order valence-electron chi connectivity index (χ0n) is 15.6. The third kappa shape index (κ3) is 5.68. The molecule has 0 saturated heterocycles. The Morgan fingerprint density at radius 1 is 1.19 bits per heavy atom. The van der Waals surface area contributed by atoms with Gasteiger partial charge < -0.3 is 5.32 Å². The normalized spacial score (nSPS) is 11.1. The lowest BCUT2D eigenvalue weighted by Crippen LogP contribution is -2.27. The SMILES string of the molecule is CC(C)CCNC(=O)CSc1nnc(-c2cccs2)n1Cc1ccccc1. The number of rotatable bonds is 9. The lowest BCUT2D eigenvalue weighted by molar-refractivity contribution is -0.118. The predicted octanol–water partition coefficient (Wildman–Crippen LogP) is 4.31. The van der Waals surface area contributed by atoms with Crippen LogP contribution in [0, 0.1) is 5.92 Å². The second kappa shape index (κ2) is 9.71. The second-order valence-electron chi connectivity index (χ2n) is 6.68. The maximum absolute atomic E-state index is 12.1. The molecule has 0 bridgehead atoms. The zero-order valence-corrected chi connectivity index (χ0v) is 17.2. The van der Waals surface area contributed by atoms with Gasteiger partial charge in [0, 0.05) is 6.54 Å². The minimum absolute atomic E-state index is 0.0348. The van der Waals surface area contributed by atoms with E-state index in [1.807, 2.05) is 35.7 Å². The highest BCUT2D eigenvalue weighted by Crippen LogP contribution is 2.28. The number of aromatic nitrogens is 3. The van der Waals surface area contributed by atoms with Crippen molar-refractivity contribution in [2.45, 2.75) is 32.0 Å². The first-order valence-electron chi connectivity index (χ1n) is 9.04. The Bertz CT molecular complexity index is 844. The topological polar surface area (TPSA) is 59.8 Å². The van der Waals surface area contributed by atoms with Crippen molar-refractivity contribution in [3.63, 3.8) is 0 Å². The van der Waals surface area contributed by atoms with Crippen molar-refractivity contribution in [3.05, 3.63) is 53.4 Å². The predicted molar refractivity (Wildman–Crippen MR) is 112 cm³/mol. The fourth-order valence-electron chi connectivity index (χ4n) is 2.57. The number of nitrogens with one attached hydrogen (secondary N) is 1. The third-order valence-electron chi connectivity index (χ3n) is 4.02. The molecule has 3 aromatic rings. The quantitative estimate of drug-likeness (QED) is 0.544. The van der Waals surface area contributed by atoms with Crippen LogP contribution < -0.4 is 5.32 Å². The van der Waals surface area contributed by atoms with Crippen molar-refractivity contribution >= 4 is 29.0 Å². The minimum Gasteiger partial charge on any atom is -0.355 e. The molecule has 0 aliphatic carbocycles. The molecule has 0 radical (unpaired) electrons. The van der Waals surface area contributed by atoms with Crippen molar-refractivity contribution in [1.82, 2.24) is 20.1 Å². The molecule has 1 aromatic carbocycles. The smallest absolute Gasteiger partial charge is 0.230 e. The van der Waals surface area contributed by atoms with Gasteiger partial charge in [-0.1, -0.05) is 62.0 Å². The van der Waals surface area contributed by atoms with Gasteiger partial charge in [-0.05, 0) is 29.3 Å². The van der Waals surface area contributed by atoms with E-state index < -0.39 is 0 Å². The standard InChI is InChI=1S/C20H24N4OS2/c1-15(2)10-11-21-18(25)14-27-20-23-22-19(17-9-6-12-26-17)24(20)13-16-7-4-3-5-8-16/h3-9,12,15H,10-11,13-14H2,1-2H3,(H,21,25). The molecule has 5 nitrogen and oxygen atoms in total. The van der Waals surface area contributed by atoms with Crippen molar-refractivity contribution in [2.24, 2.45) is 5.92 Å². The molecule has 0 saturated carbocycles. The summed E-state index contributed by atoms with van der Waals surface area (Å²) >= 11 is 3.07. The molecule has 3 rings (SSSR count). The van der Waals surface area contributed by atoms with Crippen LogP contribution in [0.2, 0.25) is 0 Å². The maximum Gasteiger partial charge on any atom is 0.230 e. The second-order valence-corrected chi connectivity index (χ2v) is 8.57. The van der Waals surface area contributed by atoms with E-state index in [2.05, 4.69) is 46.1 Å². The highest BCUT2D eigenvalue weighted by molar-refractivity contribution is 7.99. The Labute approximate surface area is 168 Å². The summed E-state index contributed by atoms with van der Waals surface area (Å²) in [7, 11) is 0. The first-order chi connectivity index (χ1) is 13.1. The van der Waals surface area contributed by atoms with E-state index in [0.29, 0.717) is 24.8 Å². The Balaban J connectivity index is 1.72. The summed E-state index contributed by atoms with van der Waals surface area (Å²) in [5, 5.41) is 14.5. The Hall–Kier alpha value is -2.12. The minimum atomic E-state index is 0.0348.